The SMILES string of the molecule is C=C/C(=C\C=C(/C)c1cn[nH]c1)C(C)C(=NC)O/C(=C\C)c1cccc(C)c1.CC.Cn1cc(C=O)cn1.[HH]. The Balaban J connectivity index is 0.00000111. The first-order chi connectivity index (χ1) is 18.3. The van der Waals surface area contributed by atoms with Gasteiger partial charge in [0.15, 0.2) is 12.2 Å². The Bertz CT molecular complexity index is 1270. The summed E-state index contributed by atoms with van der Waals surface area (Å²) < 4.78 is 7.79. The van der Waals surface area contributed by atoms with Gasteiger partial charge in [0.2, 0.25) is 0 Å². The fourth-order valence-corrected chi connectivity index (χ4v) is 3.34. The zero-order valence-corrected chi connectivity index (χ0v) is 23.9. The predicted octanol–water partition coefficient (Wildman–Crippen LogP) is 7.48. The Morgan fingerprint density at radius 3 is 2.45 bits per heavy atom. The molecule has 3 aromatic rings. The molecule has 0 fully saturated rings. The first-order valence-electron chi connectivity index (χ1n) is 12.6. The number of aryl methyl sites for hydroxylation is 2. The van der Waals surface area contributed by atoms with Crippen LogP contribution in [-0.2, 0) is 11.8 Å². The Kier molecular flexibility index (Phi) is 14.4. The summed E-state index contributed by atoms with van der Waals surface area (Å²) in [6, 6.07) is 8.25. The number of aromatic nitrogens is 4. The van der Waals surface area contributed by atoms with Gasteiger partial charge in [0.05, 0.1) is 23.9 Å². The molecule has 204 valence electrons. The van der Waals surface area contributed by atoms with Gasteiger partial charge in [-0.15, -0.1) is 0 Å². The van der Waals surface area contributed by atoms with Crippen molar-refractivity contribution in [2.45, 2.75) is 41.5 Å². The molecule has 2 aromatic heterocycles. The van der Waals surface area contributed by atoms with Crippen LogP contribution < -0.4 is 0 Å². The van der Waals surface area contributed by atoms with Gasteiger partial charge < -0.3 is 4.74 Å². The lowest BCUT2D eigenvalue weighted by molar-refractivity contribution is 0.112. The summed E-state index contributed by atoms with van der Waals surface area (Å²) in [5.41, 5.74) is 6.05. The second kappa shape index (κ2) is 17.2. The average Bonchev–Trinajstić information content (AvgIpc) is 3.63. The van der Waals surface area contributed by atoms with Crippen molar-refractivity contribution in [3.8, 4) is 0 Å². The van der Waals surface area contributed by atoms with Crippen LogP contribution in [0.4, 0.5) is 0 Å². The molecule has 1 N–H and O–H groups in total. The van der Waals surface area contributed by atoms with Crippen LogP contribution in [0.3, 0.4) is 0 Å². The van der Waals surface area contributed by atoms with Crippen molar-refractivity contribution in [2.24, 2.45) is 18.0 Å². The highest BCUT2D eigenvalue weighted by molar-refractivity contribution is 5.87. The summed E-state index contributed by atoms with van der Waals surface area (Å²) >= 11 is 0. The van der Waals surface area contributed by atoms with Crippen molar-refractivity contribution in [1.29, 1.82) is 0 Å². The number of nitrogens with zero attached hydrogens (tertiary/aromatic N) is 4. The number of aromatic amines is 1. The van der Waals surface area contributed by atoms with E-state index in [9.17, 15) is 4.79 Å². The highest BCUT2D eigenvalue weighted by atomic mass is 16.5. The van der Waals surface area contributed by atoms with Gasteiger partial charge in [-0.3, -0.25) is 19.6 Å². The molecule has 0 saturated heterocycles. The van der Waals surface area contributed by atoms with Gasteiger partial charge in [-0.2, -0.15) is 10.2 Å². The second-order valence-electron chi connectivity index (χ2n) is 8.18. The molecule has 3 rings (SSSR count). The summed E-state index contributed by atoms with van der Waals surface area (Å²) in [4.78, 5) is 14.4. The number of hydrogen-bond acceptors (Lipinski definition) is 5. The van der Waals surface area contributed by atoms with E-state index in [4.69, 9.17) is 4.74 Å². The molecule has 38 heavy (non-hydrogen) atoms. The topological polar surface area (TPSA) is 85.2 Å². The maximum atomic E-state index is 9.97. The van der Waals surface area contributed by atoms with E-state index in [0.29, 0.717) is 11.5 Å². The monoisotopic (exact) mass is 517 g/mol. The standard InChI is InChI=1S/C24H29N3O.C5H6N2O.C2H6.H2/c1-7-20(13-12-18(4)22-15-26-27-16-22)19(5)24(25-6)28-23(8-2)21-11-9-10-17(3)14-21;1-7-3-5(4-8)2-6-7;1-2;/h7-16,19H,1H2,2-6H3,(H,26,27);2-4H,1H3;1-2H3;1H/b18-12+,20-13+,23-8-,25-24?;;;. The Morgan fingerprint density at radius 2 is 1.97 bits per heavy atom. The van der Waals surface area contributed by atoms with Crippen LogP contribution in [0, 0.1) is 12.8 Å². The molecule has 0 saturated carbocycles. The number of benzene rings is 1. The fourth-order valence-electron chi connectivity index (χ4n) is 3.34. The second-order valence-corrected chi connectivity index (χ2v) is 8.18. The van der Waals surface area contributed by atoms with Gasteiger partial charge in [-0.1, -0.05) is 62.4 Å². The van der Waals surface area contributed by atoms with Crippen molar-refractivity contribution in [1.82, 2.24) is 20.0 Å². The van der Waals surface area contributed by atoms with Gasteiger partial charge >= 0.3 is 0 Å². The molecular formula is C31H43N5O2. The van der Waals surface area contributed by atoms with Crippen LogP contribution in [0.1, 0.15) is 63.1 Å². The minimum Gasteiger partial charge on any atom is -0.442 e. The van der Waals surface area contributed by atoms with Crippen molar-refractivity contribution in [3.63, 3.8) is 0 Å². The van der Waals surface area contributed by atoms with Gasteiger partial charge in [-0.05, 0) is 51.0 Å². The van der Waals surface area contributed by atoms with Crippen molar-refractivity contribution in [3.05, 3.63) is 108 Å². The molecule has 1 aromatic carbocycles. The summed E-state index contributed by atoms with van der Waals surface area (Å²) in [5.74, 6) is 1.41. The molecule has 1 unspecified atom stereocenters. The van der Waals surface area contributed by atoms with E-state index in [2.05, 4.69) is 65.0 Å². The van der Waals surface area contributed by atoms with Gasteiger partial charge in [0.1, 0.15) is 5.76 Å². The largest absolute Gasteiger partial charge is 0.442 e. The quantitative estimate of drug-likeness (QED) is 0.110. The van der Waals surface area contributed by atoms with E-state index in [1.807, 2.05) is 58.2 Å². The molecular weight excluding hydrogens is 474 g/mol. The third kappa shape index (κ3) is 10.0. The number of rotatable bonds is 8. The number of carbonyl (C=O) groups is 1. The third-order valence-electron chi connectivity index (χ3n) is 5.45. The molecule has 7 nitrogen and oxygen atoms in total. The first-order valence-corrected chi connectivity index (χ1v) is 12.6. The fraction of sp³-hybridized carbons (Fsp3) is 0.290. The molecule has 0 aliphatic rings. The summed E-state index contributed by atoms with van der Waals surface area (Å²) in [6.45, 7) is 16.1. The number of ether oxygens (including phenoxy) is 1. The number of nitrogens with one attached hydrogen (secondary N) is 1. The van der Waals surface area contributed by atoms with Crippen LogP contribution in [0.15, 0.2) is 90.5 Å². The van der Waals surface area contributed by atoms with Gasteiger partial charge in [0.25, 0.3) is 0 Å². The molecule has 7 heteroatoms. The lowest BCUT2D eigenvalue weighted by atomic mass is 9.99. The summed E-state index contributed by atoms with van der Waals surface area (Å²) in [6.07, 6.45) is 15.6. The van der Waals surface area contributed by atoms with E-state index in [1.165, 1.54) is 11.8 Å². The van der Waals surface area contributed by atoms with E-state index in [-0.39, 0.29) is 7.34 Å². The van der Waals surface area contributed by atoms with Crippen LogP contribution in [0.25, 0.3) is 11.3 Å². The number of allylic oxidation sites excluding steroid dienone is 5. The molecule has 0 aliphatic heterocycles. The van der Waals surface area contributed by atoms with Gasteiger partial charge in [0, 0.05) is 39.0 Å². The third-order valence-corrected chi connectivity index (χ3v) is 5.45. The summed E-state index contributed by atoms with van der Waals surface area (Å²) in [5, 5.41) is 10.6. The molecule has 0 radical (unpaired) electrons. The van der Waals surface area contributed by atoms with Crippen molar-refractivity contribution >= 4 is 23.5 Å². The minimum absolute atomic E-state index is 0. The smallest absolute Gasteiger partial charge is 0.197 e. The van der Waals surface area contributed by atoms with E-state index in [0.717, 1.165) is 34.3 Å². The number of carbonyl (C=O) groups excluding carboxylic acids is 1. The van der Waals surface area contributed by atoms with Crippen LogP contribution >= 0.6 is 0 Å². The Morgan fingerprint density at radius 1 is 1.24 bits per heavy atom. The molecule has 0 amide bonds. The van der Waals surface area contributed by atoms with Gasteiger partial charge in [-0.25, -0.2) is 0 Å². The molecule has 0 aliphatic carbocycles. The number of aliphatic imine (C=N–C) groups is 1. The maximum Gasteiger partial charge on any atom is 0.197 e. The minimum atomic E-state index is -0.0318. The van der Waals surface area contributed by atoms with E-state index >= 15 is 0 Å². The van der Waals surface area contributed by atoms with Crippen LogP contribution in [0.5, 0.6) is 0 Å². The first kappa shape index (κ1) is 31.8. The number of H-pyrrole nitrogens is 1. The number of aldehydes is 1. The molecule has 0 spiro atoms. The maximum absolute atomic E-state index is 9.97. The lowest BCUT2D eigenvalue weighted by Gasteiger charge is -2.18. The molecule has 0 bridgehead atoms. The highest BCUT2D eigenvalue weighted by Crippen LogP contribution is 2.23. The van der Waals surface area contributed by atoms with Crippen LogP contribution in [0.2, 0.25) is 0 Å². The summed E-state index contributed by atoms with van der Waals surface area (Å²) in [7, 11) is 3.52. The molecule has 1 atom stereocenters. The van der Waals surface area contributed by atoms with Crippen molar-refractivity contribution in [2.75, 3.05) is 7.05 Å². The predicted molar refractivity (Wildman–Crippen MR) is 161 cm³/mol. The number of hydrogen-bond donors (Lipinski definition) is 1. The normalized spacial score (nSPS) is 12.9. The average molecular weight is 518 g/mol. The molecule has 2 heterocycles. The Hall–Kier alpha value is -4.26. The zero-order valence-electron chi connectivity index (χ0n) is 23.9. The van der Waals surface area contributed by atoms with E-state index < -0.39 is 0 Å². The van der Waals surface area contributed by atoms with Crippen LogP contribution in [-0.4, -0.2) is 39.2 Å². The van der Waals surface area contributed by atoms with E-state index in [1.54, 1.807) is 31.2 Å². The lowest BCUT2D eigenvalue weighted by Crippen LogP contribution is -2.16. The van der Waals surface area contributed by atoms with Crippen molar-refractivity contribution < 1.29 is 11.0 Å². The zero-order chi connectivity index (χ0) is 28.5. The highest BCUT2D eigenvalue weighted by Gasteiger charge is 2.17. The Labute approximate surface area is 228 Å².